The third-order valence-corrected chi connectivity index (χ3v) is 4.91. The van der Waals surface area contributed by atoms with Gasteiger partial charge in [-0.2, -0.15) is 0 Å². The van der Waals surface area contributed by atoms with Crippen LogP contribution < -0.4 is 0 Å². The molecule has 25 heavy (non-hydrogen) atoms. The largest absolute Gasteiger partial charge is 0.388 e. The topological polar surface area (TPSA) is 71.2 Å². The second-order valence-electron chi connectivity index (χ2n) is 6.60. The molecular formula is C19H20N4O2. The van der Waals surface area contributed by atoms with E-state index < -0.39 is 5.60 Å². The van der Waals surface area contributed by atoms with Gasteiger partial charge >= 0.3 is 0 Å². The Morgan fingerprint density at radius 1 is 1.12 bits per heavy atom. The number of carbonyl (C=O) groups excluding carboxylic acids is 1. The average molecular weight is 336 g/mol. The Bertz CT molecular complexity index is 883. The van der Waals surface area contributed by atoms with Gasteiger partial charge in [-0.25, -0.2) is 0 Å². The molecule has 1 fully saturated rings. The summed E-state index contributed by atoms with van der Waals surface area (Å²) in [7, 11) is 0. The molecular weight excluding hydrogens is 316 g/mol. The molecule has 3 aromatic heterocycles. The van der Waals surface area contributed by atoms with Crippen LogP contribution in [0.3, 0.4) is 0 Å². The lowest BCUT2D eigenvalue weighted by atomic mass is 9.91. The van der Waals surface area contributed by atoms with Crippen molar-refractivity contribution in [3.05, 3.63) is 60.7 Å². The molecule has 1 saturated heterocycles. The molecule has 0 saturated carbocycles. The van der Waals surface area contributed by atoms with Gasteiger partial charge in [0.1, 0.15) is 0 Å². The molecule has 6 heteroatoms. The summed E-state index contributed by atoms with van der Waals surface area (Å²) in [5.74, 6) is 0.0000592. The van der Waals surface area contributed by atoms with E-state index in [4.69, 9.17) is 0 Å². The van der Waals surface area contributed by atoms with Crippen LogP contribution in [0.1, 0.15) is 23.2 Å². The lowest BCUT2D eigenvalue weighted by Crippen LogP contribution is -2.48. The minimum atomic E-state index is -0.809. The third kappa shape index (κ3) is 3.13. The summed E-state index contributed by atoms with van der Waals surface area (Å²) in [5, 5.41) is 11.0. The number of hydrogen-bond acceptors (Lipinski definition) is 4. The van der Waals surface area contributed by atoms with E-state index >= 15 is 0 Å². The maximum absolute atomic E-state index is 12.5. The van der Waals surface area contributed by atoms with Crippen LogP contribution >= 0.6 is 0 Å². The lowest BCUT2D eigenvalue weighted by molar-refractivity contribution is -0.0283. The zero-order valence-electron chi connectivity index (χ0n) is 13.9. The first kappa shape index (κ1) is 15.8. The number of pyridine rings is 2. The van der Waals surface area contributed by atoms with Gasteiger partial charge in [-0.15, -0.1) is 0 Å². The molecule has 3 aromatic rings. The molecule has 0 unspecified atom stereocenters. The molecule has 1 aliphatic rings. The van der Waals surface area contributed by atoms with Crippen molar-refractivity contribution < 1.29 is 9.90 Å². The quantitative estimate of drug-likeness (QED) is 0.795. The Kier molecular flexibility index (Phi) is 3.97. The van der Waals surface area contributed by atoms with Crippen LogP contribution in [0.2, 0.25) is 0 Å². The zero-order valence-corrected chi connectivity index (χ0v) is 13.9. The Morgan fingerprint density at radius 2 is 1.88 bits per heavy atom. The molecule has 0 atom stereocenters. The summed E-state index contributed by atoms with van der Waals surface area (Å²) in [6.07, 6.45) is 8.10. The summed E-state index contributed by atoms with van der Waals surface area (Å²) in [6, 6.07) is 9.32. The van der Waals surface area contributed by atoms with Crippen molar-refractivity contribution in [2.75, 3.05) is 13.1 Å². The van der Waals surface area contributed by atoms with E-state index in [0.717, 1.165) is 11.0 Å². The predicted octanol–water partition coefficient (Wildman–Crippen LogP) is 2.10. The standard InChI is InChI=1S/C19H20N4O2/c24-18(15-3-9-20-10-4-15)22-12-6-19(25,7-13-22)14-23-11-5-16-17(23)2-1-8-21-16/h1-5,8-11,25H,6-7,12-14H2. The number of hydrogen-bond donors (Lipinski definition) is 1. The Hall–Kier alpha value is -2.73. The molecule has 4 rings (SSSR count). The molecule has 1 amide bonds. The van der Waals surface area contributed by atoms with Gasteiger partial charge in [-0.1, -0.05) is 0 Å². The van der Waals surface area contributed by atoms with Gasteiger partial charge in [0.2, 0.25) is 0 Å². The summed E-state index contributed by atoms with van der Waals surface area (Å²) < 4.78 is 2.04. The van der Waals surface area contributed by atoms with Crippen LogP contribution in [0.4, 0.5) is 0 Å². The van der Waals surface area contributed by atoms with E-state index in [1.165, 1.54) is 0 Å². The molecule has 1 aliphatic heterocycles. The smallest absolute Gasteiger partial charge is 0.253 e. The summed E-state index contributed by atoms with van der Waals surface area (Å²) in [6.45, 7) is 1.61. The molecule has 0 spiro atoms. The number of piperidine rings is 1. The normalized spacial score (nSPS) is 16.9. The van der Waals surface area contributed by atoms with Crippen molar-refractivity contribution in [2.45, 2.75) is 25.0 Å². The van der Waals surface area contributed by atoms with Crippen molar-refractivity contribution in [1.82, 2.24) is 19.4 Å². The van der Waals surface area contributed by atoms with E-state index in [1.807, 2.05) is 29.0 Å². The second-order valence-corrected chi connectivity index (χ2v) is 6.60. The van der Waals surface area contributed by atoms with E-state index in [2.05, 4.69) is 9.97 Å². The molecule has 6 nitrogen and oxygen atoms in total. The molecule has 1 N–H and O–H groups in total. The minimum absolute atomic E-state index is 0.0000592. The van der Waals surface area contributed by atoms with Crippen LogP contribution in [0.25, 0.3) is 11.0 Å². The van der Waals surface area contributed by atoms with E-state index in [-0.39, 0.29) is 5.91 Å². The van der Waals surface area contributed by atoms with Crippen molar-refractivity contribution in [2.24, 2.45) is 0 Å². The van der Waals surface area contributed by atoms with Crippen LogP contribution in [0.5, 0.6) is 0 Å². The minimum Gasteiger partial charge on any atom is -0.388 e. The highest BCUT2D eigenvalue weighted by atomic mass is 16.3. The zero-order chi connectivity index (χ0) is 17.3. The van der Waals surface area contributed by atoms with Gasteiger partial charge in [-0.05, 0) is 43.2 Å². The fraction of sp³-hybridized carbons (Fsp3) is 0.316. The van der Waals surface area contributed by atoms with Crippen LogP contribution in [0.15, 0.2) is 55.1 Å². The number of nitrogens with zero attached hydrogens (tertiary/aromatic N) is 4. The summed E-state index contributed by atoms with van der Waals surface area (Å²) >= 11 is 0. The maximum atomic E-state index is 12.5. The first-order chi connectivity index (χ1) is 12.1. The van der Waals surface area contributed by atoms with Gasteiger partial charge < -0.3 is 14.6 Å². The van der Waals surface area contributed by atoms with Crippen LogP contribution in [-0.4, -0.2) is 49.1 Å². The number of carbonyl (C=O) groups is 1. The third-order valence-electron chi connectivity index (χ3n) is 4.91. The van der Waals surface area contributed by atoms with Gasteiger partial charge in [0.25, 0.3) is 5.91 Å². The molecule has 0 aromatic carbocycles. The Balaban J connectivity index is 1.44. The van der Waals surface area contributed by atoms with Crippen LogP contribution in [0, 0.1) is 0 Å². The van der Waals surface area contributed by atoms with E-state index in [0.29, 0.717) is 38.0 Å². The van der Waals surface area contributed by atoms with Crippen LogP contribution in [-0.2, 0) is 6.54 Å². The maximum Gasteiger partial charge on any atom is 0.253 e. The first-order valence-electron chi connectivity index (χ1n) is 8.46. The average Bonchev–Trinajstić information content (AvgIpc) is 3.05. The Labute approximate surface area is 145 Å². The number of aliphatic hydroxyl groups is 1. The van der Waals surface area contributed by atoms with Gasteiger partial charge in [0.05, 0.1) is 23.2 Å². The van der Waals surface area contributed by atoms with Crippen molar-refractivity contribution in [1.29, 1.82) is 0 Å². The monoisotopic (exact) mass is 336 g/mol. The number of fused-ring (bicyclic) bond motifs is 1. The molecule has 4 heterocycles. The number of amides is 1. The summed E-state index contributed by atoms with van der Waals surface area (Å²) in [5.41, 5.74) is 1.78. The number of rotatable bonds is 3. The fourth-order valence-electron chi connectivity index (χ4n) is 3.44. The molecule has 0 aliphatic carbocycles. The number of likely N-dealkylation sites (tertiary alicyclic amines) is 1. The van der Waals surface area contributed by atoms with Gasteiger partial charge in [0, 0.05) is 43.4 Å². The molecule has 128 valence electrons. The highest BCUT2D eigenvalue weighted by Crippen LogP contribution is 2.27. The van der Waals surface area contributed by atoms with E-state index in [9.17, 15) is 9.90 Å². The molecule has 0 radical (unpaired) electrons. The first-order valence-corrected chi connectivity index (χ1v) is 8.46. The highest BCUT2D eigenvalue weighted by Gasteiger charge is 2.34. The predicted molar refractivity (Wildman–Crippen MR) is 94.1 cm³/mol. The van der Waals surface area contributed by atoms with Gasteiger partial charge in [0.15, 0.2) is 0 Å². The molecule has 0 bridgehead atoms. The number of aromatic nitrogens is 3. The van der Waals surface area contributed by atoms with Crippen molar-refractivity contribution >= 4 is 16.9 Å². The van der Waals surface area contributed by atoms with Gasteiger partial charge in [-0.3, -0.25) is 14.8 Å². The summed E-state index contributed by atoms with van der Waals surface area (Å²) in [4.78, 5) is 22.6. The second kappa shape index (κ2) is 6.29. The van der Waals surface area contributed by atoms with Crippen molar-refractivity contribution in [3.8, 4) is 0 Å². The SMILES string of the molecule is O=C(c1ccncc1)N1CCC(O)(Cn2ccc3ncccc32)CC1. The Morgan fingerprint density at radius 3 is 2.64 bits per heavy atom. The van der Waals surface area contributed by atoms with E-state index in [1.54, 1.807) is 35.6 Å². The fourth-order valence-corrected chi connectivity index (χ4v) is 3.44. The lowest BCUT2D eigenvalue weighted by Gasteiger charge is -2.38. The van der Waals surface area contributed by atoms with Crippen molar-refractivity contribution in [3.63, 3.8) is 0 Å². The highest BCUT2D eigenvalue weighted by molar-refractivity contribution is 5.94.